The van der Waals surface area contributed by atoms with Crippen LogP contribution in [0.1, 0.15) is 34.3 Å². The molecule has 1 amide bonds. The van der Waals surface area contributed by atoms with E-state index >= 15 is 0 Å². The molecule has 0 atom stereocenters. The van der Waals surface area contributed by atoms with Gasteiger partial charge in [-0.3, -0.25) is 9.48 Å². The summed E-state index contributed by atoms with van der Waals surface area (Å²) in [6.07, 6.45) is -1.95. The fraction of sp³-hybridized carbons (Fsp3) is 0.357. The number of aromatic nitrogens is 2. The number of nitrogens with one attached hydrogen (secondary N) is 1. The smallest absolute Gasteiger partial charge is 0.341 e. The summed E-state index contributed by atoms with van der Waals surface area (Å²) >= 11 is 1.47. The molecule has 0 aliphatic carbocycles. The molecular weight excluding hydrogens is 328 g/mol. The Kier molecular flexibility index (Phi) is 5.80. The molecule has 0 unspecified atom stereocenters. The average Bonchev–Trinajstić information content (AvgIpc) is 3.14. The molecule has 0 saturated carbocycles. The number of halogens is 2. The van der Waals surface area contributed by atoms with E-state index in [-0.39, 0.29) is 12.2 Å². The first-order chi connectivity index (χ1) is 11.0. The van der Waals surface area contributed by atoms with Crippen LogP contribution in [0.4, 0.5) is 8.78 Å². The van der Waals surface area contributed by atoms with E-state index in [9.17, 15) is 18.4 Å². The van der Waals surface area contributed by atoms with Crippen LogP contribution in [0, 0.1) is 0 Å². The Balaban J connectivity index is 2.06. The maximum Gasteiger partial charge on any atom is 0.341 e. The van der Waals surface area contributed by atoms with Gasteiger partial charge in [0.1, 0.15) is 17.8 Å². The molecule has 0 fully saturated rings. The van der Waals surface area contributed by atoms with Crippen LogP contribution in [0.5, 0.6) is 0 Å². The normalized spacial score (nSPS) is 10.8. The lowest BCUT2D eigenvalue weighted by Crippen LogP contribution is -2.28. The van der Waals surface area contributed by atoms with Crippen LogP contribution >= 0.6 is 11.3 Å². The maximum atomic E-state index is 13.2. The van der Waals surface area contributed by atoms with Crippen LogP contribution in [0.15, 0.2) is 23.7 Å². The Labute approximate surface area is 135 Å². The number of carbonyl (C=O) groups is 2. The van der Waals surface area contributed by atoms with E-state index in [2.05, 4.69) is 10.4 Å². The van der Waals surface area contributed by atoms with Gasteiger partial charge in [-0.15, -0.1) is 11.3 Å². The van der Waals surface area contributed by atoms with Gasteiger partial charge in [0.15, 0.2) is 0 Å². The van der Waals surface area contributed by atoms with E-state index < -0.39 is 30.5 Å². The fourth-order valence-electron chi connectivity index (χ4n) is 1.91. The first-order valence-corrected chi connectivity index (χ1v) is 7.71. The standard InChI is InChI=1S/C14H15F2N3O3S/c1-2-22-14(21)10-7-18-19(12(10)13(15)16)8-11(20)17-6-9-4-3-5-23-9/h3-5,7,13H,2,6,8H2,1H3,(H,17,20). The van der Waals surface area contributed by atoms with Gasteiger partial charge in [-0.1, -0.05) is 6.07 Å². The summed E-state index contributed by atoms with van der Waals surface area (Å²) in [5, 5.41) is 8.19. The van der Waals surface area contributed by atoms with Gasteiger partial charge >= 0.3 is 5.97 Å². The zero-order valence-electron chi connectivity index (χ0n) is 12.3. The lowest BCUT2D eigenvalue weighted by Gasteiger charge is -2.09. The fourth-order valence-corrected chi connectivity index (χ4v) is 2.55. The Morgan fingerprint density at radius 2 is 2.26 bits per heavy atom. The summed E-state index contributed by atoms with van der Waals surface area (Å²) in [6, 6.07) is 3.70. The van der Waals surface area contributed by atoms with Crippen LogP contribution in [0.25, 0.3) is 0 Å². The van der Waals surface area contributed by atoms with Gasteiger partial charge in [-0.05, 0) is 18.4 Å². The predicted molar refractivity (Wildman–Crippen MR) is 79.3 cm³/mol. The van der Waals surface area contributed by atoms with E-state index in [0.717, 1.165) is 15.8 Å². The third kappa shape index (κ3) is 4.35. The van der Waals surface area contributed by atoms with Crippen molar-refractivity contribution >= 4 is 23.2 Å². The third-order valence-electron chi connectivity index (χ3n) is 2.92. The number of hydrogen-bond donors (Lipinski definition) is 1. The summed E-state index contributed by atoms with van der Waals surface area (Å²) in [5.74, 6) is -1.35. The number of alkyl halides is 2. The molecule has 0 aliphatic heterocycles. The molecule has 0 saturated heterocycles. The summed E-state index contributed by atoms with van der Waals surface area (Å²) in [4.78, 5) is 24.4. The molecule has 1 N–H and O–H groups in total. The van der Waals surface area contributed by atoms with E-state index in [0.29, 0.717) is 6.54 Å². The predicted octanol–water partition coefficient (Wildman–Crippen LogP) is 2.38. The largest absolute Gasteiger partial charge is 0.462 e. The minimum Gasteiger partial charge on any atom is -0.462 e. The van der Waals surface area contributed by atoms with Gasteiger partial charge in [-0.25, -0.2) is 13.6 Å². The summed E-state index contributed by atoms with van der Waals surface area (Å²) in [6.45, 7) is 1.55. The Hall–Kier alpha value is -2.29. The van der Waals surface area contributed by atoms with Crippen molar-refractivity contribution in [2.45, 2.75) is 26.4 Å². The molecule has 2 rings (SSSR count). The number of nitrogens with zero attached hydrogens (tertiary/aromatic N) is 2. The van der Waals surface area contributed by atoms with Crippen LogP contribution in [0.2, 0.25) is 0 Å². The molecule has 0 aliphatic rings. The number of hydrogen-bond acceptors (Lipinski definition) is 5. The monoisotopic (exact) mass is 343 g/mol. The van der Waals surface area contributed by atoms with E-state index in [1.807, 2.05) is 17.5 Å². The van der Waals surface area contributed by atoms with Crippen molar-refractivity contribution in [3.8, 4) is 0 Å². The van der Waals surface area contributed by atoms with Gasteiger partial charge in [0.05, 0.1) is 19.3 Å². The first kappa shape index (κ1) is 17.1. The molecule has 2 heterocycles. The molecule has 0 aromatic carbocycles. The van der Waals surface area contributed by atoms with E-state index in [1.165, 1.54) is 11.3 Å². The number of esters is 1. The molecule has 0 radical (unpaired) electrons. The summed E-state index contributed by atoms with van der Waals surface area (Å²) in [5.41, 5.74) is -0.942. The van der Waals surface area contributed by atoms with Crippen molar-refractivity contribution in [1.82, 2.24) is 15.1 Å². The van der Waals surface area contributed by atoms with Crippen molar-refractivity contribution in [1.29, 1.82) is 0 Å². The highest BCUT2D eigenvalue weighted by molar-refractivity contribution is 7.09. The van der Waals surface area contributed by atoms with Gasteiger partial charge in [-0.2, -0.15) is 5.10 Å². The molecule has 2 aromatic rings. The van der Waals surface area contributed by atoms with Crippen molar-refractivity contribution in [2.24, 2.45) is 0 Å². The highest BCUT2D eigenvalue weighted by atomic mass is 32.1. The molecule has 2 aromatic heterocycles. The van der Waals surface area contributed by atoms with Gasteiger partial charge in [0, 0.05) is 4.88 Å². The molecular formula is C14H15F2N3O3S. The number of carbonyl (C=O) groups excluding carboxylic acids is 2. The Bertz CT molecular complexity index is 671. The lowest BCUT2D eigenvalue weighted by molar-refractivity contribution is -0.122. The average molecular weight is 343 g/mol. The maximum absolute atomic E-state index is 13.2. The second kappa shape index (κ2) is 7.82. The number of amides is 1. The first-order valence-electron chi connectivity index (χ1n) is 6.83. The van der Waals surface area contributed by atoms with E-state index in [1.54, 1.807) is 6.92 Å². The van der Waals surface area contributed by atoms with Gasteiger partial charge in [0.2, 0.25) is 5.91 Å². The van der Waals surface area contributed by atoms with Crippen LogP contribution in [-0.2, 0) is 22.6 Å². The van der Waals surface area contributed by atoms with Crippen molar-refractivity contribution in [3.63, 3.8) is 0 Å². The van der Waals surface area contributed by atoms with Crippen LogP contribution in [0.3, 0.4) is 0 Å². The zero-order valence-corrected chi connectivity index (χ0v) is 13.1. The van der Waals surface area contributed by atoms with E-state index in [4.69, 9.17) is 4.74 Å². The SMILES string of the molecule is CCOC(=O)c1cnn(CC(=O)NCc2cccs2)c1C(F)F. The second-order valence-electron chi connectivity index (χ2n) is 4.48. The molecule has 0 bridgehead atoms. The lowest BCUT2D eigenvalue weighted by atomic mass is 10.2. The van der Waals surface area contributed by atoms with Crippen molar-refractivity contribution < 1.29 is 23.1 Å². The molecule has 6 nitrogen and oxygen atoms in total. The number of rotatable bonds is 7. The Morgan fingerprint density at radius 1 is 1.48 bits per heavy atom. The van der Waals surface area contributed by atoms with Gasteiger partial charge in [0.25, 0.3) is 6.43 Å². The zero-order chi connectivity index (χ0) is 16.8. The molecule has 9 heteroatoms. The number of ether oxygens (including phenoxy) is 1. The van der Waals surface area contributed by atoms with Crippen molar-refractivity contribution in [2.75, 3.05) is 6.61 Å². The van der Waals surface area contributed by atoms with Crippen LogP contribution in [-0.4, -0.2) is 28.3 Å². The molecule has 23 heavy (non-hydrogen) atoms. The van der Waals surface area contributed by atoms with Gasteiger partial charge < -0.3 is 10.1 Å². The summed E-state index contributed by atoms with van der Waals surface area (Å²) < 4.78 is 31.9. The highest BCUT2D eigenvalue weighted by Gasteiger charge is 2.26. The second-order valence-corrected chi connectivity index (χ2v) is 5.51. The topological polar surface area (TPSA) is 73.2 Å². The molecule has 124 valence electrons. The number of thiophene rings is 1. The minimum atomic E-state index is -2.94. The Morgan fingerprint density at radius 3 is 2.87 bits per heavy atom. The van der Waals surface area contributed by atoms with Crippen molar-refractivity contribution in [3.05, 3.63) is 39.8 Å². The quantitative estimate of drug-likeness (QED) is 0.784. The third-order valence-corrected chi connectivity index (χ3v) is 3.79. The highest BCUT2D eigenvalue weighted by Crippen LogP contribution is 2.23. The summed E-state index contributed by atoms with van der Waals surface area (Å²) in [7, 11) is 0. The van der Waals surface area contributed by atoms with Crippen LogP contribution < -0.4 is 5.32 Å². The molecule has 0 spiro atoms. The minimum absolute atomic E-state index is 0.0635.